The second-order valence-electron chi connectivity index (χ2n) is 8.76. The molecule has 39 heavy (non-hydrogen) atoms. The number of amides is 1. The summed E-state index contributed by atoms with van der Waals surface area (Å²) in [6.45, 7) is 1.77. The lowest BCUT2D eigenvalue weighted by atomic mass is 10.0. The number of carbonyl (C=O) groups is 1. The lowest BCUT2D eigenvalue weighted by Crippen LogP contribution is -2.29. The van der Waals surface area contributed by atoms with Crippen LogP contribution in [-0.4, -0.2) is 28.0 Å². The minimum absolute atomic E-state index is 0.0500. The van der Waals surface area contributed by atoms with Crippen LogP contribution in [0.15, 0.2) is 83.4 Å². The molecule has 0 bridgehead atoms. The molecule has 5 rings (SSSR count). The Morgan fingerprint density at radius 3 is 2.69 bits per heavy atom. The highest BCUT2D eigenvalue weighted by Crippen LogP contribution is 2.45. The number of ether oxygens (including phenoxy) is 1. The van der Waals surface area contributed by atoms with Gasteiger partial charge < -0.3 is 24.7 Å². The van der Waals surface area contributed by atoms with Crippen LogP contribution >= 0.6 is 12.2 Å². The topological polar surface area (TPSA) is 123 Å². The third kappa shape index (κ3) is 5.04. The molecule has 2 N–H and O–H groups in total. The highest BCUT2D eigenvalue weighted by molar-refractivity contribution is 7.80. The molecule has 1 fully saturated rings. The van der Waals surface area contributed by atoms with Crippen molar-refractivity contribution in [2.75, 3.05) is 17.3 Å². The van der Waals surface area contributed by atoms with Gasteiger partial charge in [-0.3, -0.25) is 19.9 Å². The van der Waals surface area contributed by atoms with Gasteiger partial charge in [0.15, 0.2) is 5.11 Å². The molecule has 2 aromatic carbocycles. The van der Waals surface area contributed by atoms with Gasteiger partial charge in [0, 0.05) is 30.4 Å². The maximum Gasteiger partial charge on any atom is 0.280 e. The molecule has 0 saturated carbocycles. The van der Waals surface area contributed by atoms with E-state index in [1.807, 2.05) is 29.2 Å². The number of hydrogen-bond acceptors (Lipinski definition) is 7. The normalized spacial score (nSPS) is 16.6. The zero-order valence-corrected chi connectivity index (χ0v) is 22.0. The Labute approximate surface area is 229 Å². The minimum atomic E-state index is -0.482. The number of pyridine rings is 1. The number of nitrogens with zero attached hydrogens (tertiary/aromatic N) is 3. The first-order valence-corrected chi connectivity index (χ1v) is 12.6. The molecule has 2 aromatic heterocycles. The van der Waals surface area contributed by atoms with Crippen molar-refractivity contribution in [3.05, 3.63) is 101 Å². The standard InChI is InChI=1S/C28H25N5O5S/c1-3-25(34)30-19-12-11-17(16-24(19)37-2)32-27(26(31-28(32)39)20-9-6-7-15-29-20)23-14-13-22(38-23)18-8-4-5-10-21(18)33(35)36/h4-16,26-27H,3H2,1-2H3,(H,30,34)(H,31,39)/t26-,27-/m0/s1. The van der Waals surface area contributed by atoms with Crippen LogP contribution in [-0.2, 0) is 4.79 Å². The van der Waals surface area contributed by atoms with Crippen molar-refractivity contribution in [1.82, 2.24) is 10.3 Å². The Kier molecular flexibility index (Phi) is 7.24. The van der Waals surface area contributed by atoms with Gasteiger partial charge in [-0.25, -0.2) is 0 Å². The van der Waals surface area contributed by atoms with Crippen LogP contribution in [0.3, 0.4) is 0 Å². The first kappa shape index (κ1) is 25.9. The number of aromatic nitrogens is 1. The summed E-state index contributed by atoms with van der Waals surface area (Å²) in [6, 6.07) is 20.1. The van der Waals surface area contributed by atoms with Crippen molar-refractivity contribution >= 4 is 40.3 Å². The van der Waals surface area contributed by atoms with Crippen LogP contribution in [0.5, 0.6) is 5.75 Å². The van der Waals surface area contributed by atoms with Crippen molar-refractivity contribution < 1.29 is 18.9 Å². The number of hydrogen-bond donors (Lipinski definition) is 2. The van der Waals surface area contributed by atoms with Gasteiger partial charge in [0.05, 0.1) is 35.0 Å². The van der Waals surface area contributed by atoms with Crippen LogP contribution in [0.2, 0.25) is 0 Å². The molecule has 2 atom stereocenters. The lowest BCUT2D eigenvalue weighted by Gasteiger charge is -2.27. The molecular formula is C28H25N5O5S. The fourth-order valence-corrected chi connectivity index (χ4v) is 4.94. The van der Waals surface area contributed by atoms with Gasteiger partial charge in [-0.1, -0.05) is 25.1 Å². The quantitative estimate of drug-likeness (QED) is 0.162. The predicted octanol–water partition coefficient (Wildman–Crippen LogP) is 5.78. The zero-order valence-electron chi connectivity index (χ0n) is 21.2. The van der Waals surface area contributed by atoms with Gasteiger partial charge in [0.25, 0.3) is 5.69 Å². The molecular weight excluding hydrogens is 518 g/mol. The van der Waals surface area contributed by atoms with Crippen LogP contribution in [0.25, 0.3) is 11.3 Å². The van der Waals surface area contributed by atoms with E-state index in [0.29, 0.717) is 45.7 Å². The summed E-state index contributed by atoms with van der Waals surface area (Å²) in [4.78, 5) is 29.6. The molecule has 3 heterocycles. The smallest absolute Gasteiger partial charge is 0.280 e. The fourth-order valence-electron chi connectivity index (χ4n) is 4.59. The summed E-state index contributed by atoms with van der Waals surface area (Å²) in [7, 11) is 1.53. The summed E-state index contributed by atoms with van der Waals surface area (Å²) in [5.74, 6) is 1.24. The molecule has 198 valence electrons. The van der Waals surface area contributed by atoms with E-state index < -0.39 is 11.0 Å². The zero-order chi connectivity index (χ0) is 27.5. The number of rotatable bonds is 8. The number of anilines is 2. The largest absolute Gasteiger partial charge is 0.494 e. The third-order valence-electron chi connectivity index (χ3n) is 6.44. The Morgan fingerprint density at radius 2 is 1.97 bits per heavy atom. The van der Waals surface area contributed by atoms with E-state index in [2.05, 4.69) is 15.6 Å². The Bertz CT molecular complexity index is 1540. The molecule has 4 aromatic rings. The summed E-state index contributed by atoms with van der Waals surface area (Å²) in [5.41, 5.74) is 2.31. The van der Waals surface area contributed by atoms with E-state index in [1.165, 1.54) is 13.2 Å². The van der Waals surface area contributed by atoms with Gasteiger partial charge in [-0.05, 0) is 54.7 Å². The van der Waals surface area contributed by atoms with Gasteiger partial charge >= 0.3 is 0 Å². The van der Waals surface area contributed by atoms with Crippen molar-refractivity contribution in [2.24, 2.45) is 0 Å². The van der Waals surface area contributed by atoms with E-state index in [1.54, 1.807) is 55.6 Å². The molecule has 0 unspecified atom stereocenters. The summed E-state index contributed by atoms with van der Waals surface area (Å²) in [5, 5.41) is 18.3. The summed E-state index contributed by atoms with van der Waals surface area (Å²) in [6.07, 6.45) is 2.04. The molecule has 1 aliphatic rings. The van der Waals surface area contributed by atoms with E-state index >= 15 is 0 Å². The SMILES string of the molecule is CCC(=O)Nc1ccc(N2C(=S)N[C@@H](c3ccccn3)[C@@H]2c2ccc(-c3ccccc3[N+](=O)[O-])o2)cc1OC. The number of thiocarbonyl (C=S) groups is 1. The summed E-state index contributed by atoms with van der Waals surface area (Å²) >= 11 is 5.78. The predicted molar refractivity (Wildman–Crippen MR) is 151 cm³/mol. The average Bonchev–Trinajstić information content (AvgIpc) is 3.58. The second kappa shape index (κ2) is 10.9. The van der Waals surface area contributed by atoms with Crippen LogP contribution in [0, 0.1) is 10.1 Å². The molecule has 0 spiro atoms. The second-order valence-corrected chi connectivity index (χ2v) is 9.15. The first-order valence-electron chi connectivity index (χ1n) is 12.2. The fraction of sp³-hybridized carbons (Fsp3) is 0.179. The van der Waals surface area contributed by atoms with Crippen molar-refractivity contribution in [3.63, 3.8) is 0 Å². The van der Waals surface area contributed by atoms with Gasteiger partial charge in [-0.2, -0.15) is 0 Å². The molecule has 11 heteroatoms. The number of furan rings is 1. The maximum atomic E-state index is 12.0. The summed E-state index contributed by atoms with van der Waals surface area (Å²) < 4.78 is 11.9. The Hall–Kier alpha value is -4.77. The number of para-hydroxylation sites is 1. The molecule has 0 radical (unpaired) electrons. The number of nitrogens with one attached hydrogen (secondary N) is 2. The Balaban J connectivity index is 1.60. The van der Waals surface area contributed by atoms with Gasteiger partial charge in [0.2, 0.25) is 5.91 Å². The Morgan fingerprint density at radius 1 is 1.18 bits per heavy atom. The van der Waals surface area contributed by atoms with Crippen LogP contribution < -0.4 is 20.3 Å². The highest BCUT2D eigenvalue weighted by atomic mass is 32.1. The van der Waals surface area contributed by atoms with Crippen LogP contribution in [0.4, 0.5) is 17.1 Å². The average molecular weight is 544 g/mol. The third-order valence-corrected chi connectivity index (χ3v) is 6.76. The number of nitro benzene ring substituents is 1. The molecule has 1 saturated heterocycles. The number of nitro groups is 1. The molecule has 1 amide bonds. The molecule has 1 aliphatic heterocycles. The van der Waals surface area contributed by atoms with Gasteiger partial charge in [0.1, 0.15) is 23.3 Å². The van der Waals surface area contributed by atoms with Crippen molar-refractivity contribution in [3.8, 4) is 17.1 Å². The van der Waals surface area contributed by atoms with Gasteiger partial charge in [-0.15, -0.1) is 0 Å². The van der Waals surface area contributed by atoms with E-state index in [4.69, 9.17) is 21.4 Å². The first-order chi connectivity index (χ1) is 18.9. The van der Waals surface area contributed by atoms with E-state index in [9.17, 15) is 14.9 Å². The lowest BCUT2D eigenvalue weighted by molar-refractivity contribution is -0.384. The monoisotopic (exact) mass is 543 g/mol. The highest BCUT2D eigenvalue weighted by Gasteiger charge is 2.43. The van der Waals surface area contributed by atoms with E-state index in [0.717, 1.165) is 5.69 Å². The number of carbonyl (C=O) groups excluding carboxylic acids is 1. The number of benzene rings is 2. The molecule has 0 aliphatic carbocycles. The minimum Gasteiger partial charge on any atom is -0.494 e. The number of methoxy groups -OCH3 is 1. The molecule has 10 nitrogen and oxygen atoms in total. The van der Waals surface area contributed by atoms with Crippen molar-refractivity contribution in [1.29, 1.82) is 0 Å². The van der Waals surface area contributed by atoms with E-state index in [-0.39, 0.29) is 17.6 Å². The van der Waals surface area contributed by atoms with Crippen molar-refractivity contribution in [2.45, 2.75) is 25.4 Å². The van der Waals surface area contributed by atoms with Crippen LogP contribution in [0.1, 0.15) is 36.9 Å². The maximum absolute atomic E-state index is 12.0.